The van der Waals surface area contributed by atoms with Gasteiger partial charge in [-0.05, 0) is 25.5 Å². The number of aryl methyl sites for hydroxylation is 3. The van der Waals surface area contributed by atoms with Gasteiger partial charge in [-0.2, -0.15) is 4.57 Å². The van der Waals surface area contributed by atoms with Crippen molar-refractivity contribution in [3.63, 3.8) is 0 Å². The van der Waals surface area contributed by atoms with Crippen LogP contribution in [-0.2, 0) is 13.7 Å². The predicted molar refractivity (Wildman–Crippen MR) is 106 cm³/mol. The first kappa shape index (κ1) is 14.1. The maximum Gasteiger partial charge on any atom is 0.241 e. The van der Waals surface area contributed by atoms with E-state index in [1.165, 1.54) is 55.2 Å². The van der Waals surface area contributed by atoms with Crippen LogP contribution in [0.15, 0.2) is 54.7 Å². The third-order valence-electron chi connectivity index (χ3n) is 6.16. The van der Waals surface area contributed by atoms with Gasteiger partial charge in [0.1, 0.15) is 5.52 Å². The van der Waals surface area contributed by atoms with Crippen LogP contribution >= 0.6 is 0 Å². The van der Waals surface area contributed by atoms with Crippen molar-refractivity contribution >= 4 is 32.7 Å². The summed E-state index contributed by atoms with van der Waals surface area (Å²) in [7, 11) is 2.19. The number of rotatable bonds is 0. The van der Waals surface area contributed by atoms with E-state index in [2.05, 4.69) is 89.3 Å². The lowest BCUT2D eigenvalue weighted by Crippen LogP contribution is -2.37. The van der Waals surface area contributed by atoms with Gasteiger partial charge >= 0.3 is 0 Å². The molecule has 5 aromatic rings. The SMILES string of the molecule is Cc1cc[n+]2c3c4c(cccc4n(C)c13)-c1c3ccccc3c(C)n1C2. The molecule has 0 unspecified atom stereocenters. The van der Waals surface area contributed by atoms with Gasteiger partial charge in [-0.25, -0.2) is 0 Å². The molecular formula is C23H20N3+. The Morgan fingerprint density at radius 1 is 0.923 bits per heavy atom. The summed E-state index contributed by atoms with van der Waals surface area (Å²) in [5.41, 5.74) is 9.34. The van der Waals surface area contributed by atoms with E-state index in [1.807, 2.05) is 0 Å². The normalized spacial score (nSPS) is 13.0. The lowest BCUT2D eigenvalue weighted by molar-refractivity contribution is -0.675. The van der Waals surface area contributed by atoms with Gasteiger partial charge in [-0.15, -0.1) is 0 Å². The highest BCUT2D eigenvalue weighted by Crippen LogP contribution is 2.41. The summed E-state index contributed by atoms with van der Waals surface area (Å²) in [5.74, 6) is 0. The summed E-state index contributed by atoms with van der Waals surface area (Å²) in [6.07, 6.45) is 2.24. The molecule has 26 heavy (non-hydrogen) atoms. The quantitative estimate of drug-likeness (QED) is 0.357. The number of nitrogens with zero attached hydrogens (tertiary/aromatic N) is 3. The molecule has 0 radical (unpaired) electrons. The van der Waals surface area contributed by atoms with Crippen LogP contribution in [0.1, 0.15) is 11.3 Å². The molecule has 1 aliphatic rings. The number of hydrogen-bond donors (Lipinski definition) is 0. The molecule has 1 aliphatic heterocycles. The summed E-state index contributed by atoms with van der Waals surface area (Å²) in [6.45, 7) is 5.30. The molecule has 0 saturated carbocycles. The predicted octanol–water partition coefficient (Wildman–Crippen LogP) is 4.68. The maximum absolute atomic E-state index is 2.48. The fraction of sp³-hybridized carbons (Fsp3) is 0.174. The van der Waals surface area contributed by atoms with Crippen LogP contribution in [0, 0.1) is 13.8 Å². The number of benzene rings is 2. The monoisotopic (exact) mass is 338 g/mol. The Balaban J connectivity index is 1.95. The van der Waals surface area contributed by atoms with Crippen LogP contribution in [0.4, 0.5) is 0 Å². The second kappa shape index (κ2) is 4.55. The van der Waals surface area contributed by atoms with E-state index in [0.717, 1.165) is 6.67 Å². The van der Waals surface area contributed by atoms with Crippen LogP contribution in [0.3, 0.4) is 0 Å². The van der Waals surface area contributed by atoms with Crippen LogP contribution in [0.2, 0.25) is 0 Å². The summed E-state index contributed by atoms with van der Waals surface area (Å²) in [5, 5.41) is 4.07. The lowest BCUT2D eigenvalue weighted by atomic mass is 10.0. The standard InChI is InChI=1S/C23H20N3/c1-14-11-12-25-13-26-15(2)16-7-4-5-8-17(16)22(26)18-9-6-10-19-20(18)23(25)21(14)24(19)3/h4-12H,13H2,1-3H3/q+1. The molecule has 3 heteroatoms. The molecule has 2 aromatic carbocycles. The third-order valence-corrected chi connectivity index (χ3v) is 6.16. The van der Waals surface area contributed by atoms with Crippen molar-refractivity contribution in [1.82, 2.24) is 9.13 Å². The van der Waals surface area contributed by atoms with Crippen molar-refractivity contribution in [2.24, 2.45) is 7.05 Å². The number of hydrogen-bond acceptors (Lipinski definition) is 0. The van der Waals surface area contributed by atoms with Gasteiger partial charge in [0.15, 0.2) is 6.20 Å². The molecule has 0 spiro atoms. The molecule has 0 N–H and O–H groups in total. The molecule has 4 heterocycles. The van der Waals surface area contributed by atoms with E-state index in [1.54, 1.807) is 0 Å². The van der Waals surface area contributed by atoms with Crippen molar-refractivity contribution in [2.45, 2.75) is 20.5 Å². The number of aromatic nitrogens is 3. The zero-order valence-corrected chi connectivity index (χ0v) is 15.2. The second-order valence-corrected chi connectivity index (χ2v) is 7.47. The smallest absolute Gasteiger partial charge is 0.241 e. The van der Waals surface area contributed by atoms with E-state index < -0.39 is 0 Å². The molecule has 3 nitrogen and oxygen atoms in total. The van der Waals surface area contributed by atoms with Gasteiger partial charge < -0.3 is 4.57 Å². The Kier molecular flexibility index (Phi) is 2.48. The highest BCUT2D eigenvalue weighted by atomic mass is 15.2. The summed E-state index contributed by atoms with van der Waals surface area (Å²) >= 11 is 0. The van der Waals surface area contributed by atoms with E-state index >= 15 is 0 Å². The molecule has 0 fully saturated rings. The Hall–Kier alpha value is -3.07. The van der Waals surface area contributed by atoms with E-state index in [-0.39, 0.29) is 0 Å². The van der Waals surface area contributed by atoms with E-state index in [0.29, 0.717) is 0 Å². The second-order valence-electron chi connectivity index (χ2n) is 7.47. The number of pyridine rings is 1. The van der Waals surface area contributed by atoms with Crippen LogP contribution in [-0.4, -0.2) is 9.13 Å². The van der Waals surface area contributed by atoms with Gasteiger partial charge in [-0.3, -0.25) is 4.57 Å². The molecule has 126 valence electrons. The molecule has 0 aliphatic carbocycles. The Labute approximate surface area is 151 Å². The molecule has 0 amide bonds. The molecule has 6 rings (SSSR count). The average molecular weight is 338 g/mol. The van der Waals surface area contributed by atoms with Crippen LogP contribution in [0.25, 0.3) is 44.0 Å². The first-order chi connectivity index (χ1) is 12.7. The Morgan fingerprint density at radius 2 is 1.73 bits per heavy atom. The minimum absolute atomic E-state index is 0.848. The van der Waals surface area contributed by atoms with E-state index in [9.17, 15) is 0 Å². The summed E-state index contributed by atoms with van der Waals surface area (Å²) in [6, 6.07) is 17.8. The van der Waals surface area contributed by atoms with Gasteiger partial charge in [0.2, 0.25) is 12.2 Å². The fourth-order valence-electron chi connectivity index (χ4n) is 4.95. The minimum Gasteiger partial charge on any atom is -0.338 e. The highest BCUT2D eigenvalue weighted by Gasteiger charge is 2.29. The Morgan fingerprint density at radius 3 is 2.58 bits per heavy atom. The van der Waals surface area contributed by atoms with Crippen LogP contribution in [0.5, 0.6) is 0 Å². The molecule has 0 atom stereocenters. The molecule has 0 saturated heterocycles. The topological polar surface area (TPSA) is 13.7 Å². The van der Waals surface area contributed by atoms with Gasteiger partial charge in [0, 0.05) is 35.1 Å². The zero-order valence-electron chi connectivity index (χ0n) is 15.2. The highest BCUT2D eigenvalue weighted by molar-refractivity contribution is 6.15. The molecule has 0 bridgehead atoms. The van der Waals surface area contributed by atoms with Crippen molar-refractivity contribution in [3.8, 4) is 11.3 Å². The van der Waals surface area contributed by atoms with Crippen molar-refractivity contribution < 1.29 is 4.57 Å². The van der Waals surface area contributed by atoms with Gasteiger partial charge in [-0.1, -0.05) is 36.4 Å². The molecule has 3 aromatic heterocycles. The third kappa shape index (κ3) is 1.48. The minimum atomic E-state index is 0.848. The van der Waals surface area contributed by atoms with Crippen molar-refractivity contribution in [3.05, 3.63) is 66.0 Å². The van der Waals surface area contributed by atoms with Crippen molar-refractivity contribution in [1.29, 1.82) is 0 Å². The van der Waals surface area contributed by atoms with Gasteiger partial charge in [0.25, 0.3) is 0 Å². The first-order valence-corrected chi connectivity index (χ1v) is 9.15. The fourth-order valence-corrected chi connectivity index (χ4v) is 4.95. The lowest BCUT2D eigenvalue weighted by Gasteiger charge is -2.09. The summed E-state index contributed by atoms with van der Waals surface area (Å²) < 4.78 is 7.25. The van der Waals surface area contributed by atoms with E-state index in [4.69, 9.17) is 0 Å². The Bertz CT molecular complexity index is 1380. The largest absolute Gasteiger partial charge is 0.338 e. The summed E-state index contributed by atoms with van der Waals surface area (Å²) in [4.78, 5) is 0. The van der Waals surface area contributed by atoms with Gasteiger partial charge in [0.05, 0.1) is 16.6 Å². The maximum atomic E-state index is 2.48. The number of fused-ring (bicyclic) bond motifs is 4. The molecular weight excluding hydrogens is 318 g/mol. The zero-order chi connectivity index (χ0) is 17.6. The first-order valence-electron chi connectivity index (χ1n) is 9.15. The average Bonchev–Trinajstić information content (AvgIpc) is 3.05. The van der Waals surface area contributed by atoms with Crippen LogP contribution < -0.4 is 4.57 Å². The van der Waals surface area contributed by atoms with Crippen molar-refractivity contribution in [2.75, 3.05) is 0 Å².